The number of rotatable bonds is 11. The molecule has 0 aliphatic carbocycles. The van der Waals surface area contributed by atoms with E-state index in [4.69, 9.17) is 10.8 Å². The summed E-state index contributed by atoms with van der Waals surface area (Å²) in [5, 5.41) is 11.3. The monoisotopic (exact) mass is 313 g/mol. The van der Waals surface area contributed by atoms with E-state index in [9.17, 15) is 4.79 Å². The fourth-order valence-corrected chi connectivity index (χ4v) is 2.76. The Labute approximate surface area is 131 Å². The Bertz CT molecular complexity index is 409. The number of unbranched alkanes of at least 4 members (excludes halogenated alkanes) is 4. The minimum absolute atomic E-state index is 0.0734. The molecule has 0 aliphatic heterocycles. The summed E-state index contributed by atoms with van der Waals surface area (Å²) in [7, 11) is 0. The van der Waals surface area contributed by atoms with Crippen molar-refractivity contribution in [1.82, 2.24) is 9.88 Å². The maximum atomic E-state index is 12.3. The van der Waals surface area contributed by atoms with E-state index in [1.54, 1.807) is 0 Å². The zero-order valence-corrected chi connectivity index (χ0v) is 13.7. The van der Waals surface area contributed by atoms with Gasteiger partial charge in [0.15, 0.2) is 5.13 Å². The van der Waals surface area contributed by atoms with Gasteiger partial charge in [0.25, 0.3) is 0 Å². The second kappa shape index (κ2) is 10.6. The molecule has 0 aliphatic rings. The van der Waals surface area contributed by atoms with Crippen molar-refractivity contribution in [1.29, 1.82) is 0 Å². The molecule has 3 N–H and O–H groups in total. The van der Waals surface area contributed by atoms with Crippen LogP contribution in [0.5, 0.6) is 0 Å². The average molecular weight is 313 g/mol. The Morgan fingerprint density at radius 1 is 1.29 bits per heavy atom. The van der Waals surface area contributed by atoms with E-state index in [-0.39, 0.29) is 12.5 Å². The molecular weight excluding hydrogens is 286 g/mol. The number of aliphatic hydroxyl groups excluding tert-OH is 1. The number of anilines is 1. The van der Waals surface area contributed by atoms with Gasteiger partial charge in [0.1, 0.15) is 0 Å². The summed E-state index contributed by atoms with van der Waals surface area (Å²) in [6.07, 6.45) is 6.80. The van der Waals surface area contributed by atoms with E-state index in [0.717, 1.165) is 25.1 Å². The highest BCUT2D eigenvalue weighted by atomic mass is 32.1. The lowest BCUT2D eigenvalue weighted by molar-refractivity contribution is -0.130. The van der Waals surface area contributed by atoms with Crippen LogP contribution in [0, 0.1) is 0 Å². The molecule has 0 fully saturated rings. The highest BCUT2D eigenvalue weighted by molar-refractivity contribution is 7.13. The van der Waals surface area contributed by atoms with Gasteiger partial charge in [-0.1, -0.05) is 32.6 Å². The van der Waals surface area contributed by atoms with Crippen LogP contribution in [-0.2, 0) is 11.2 Å². The molecule has 1 amide bonds. The first-order valence-electron chi connectivity index (χ1n) is 7.76. The second-order valence-electron chi connectivity index (χ2n) is 5.23. The number of nitrogens with two attached hydrogens (primary N) is 1. The van der Waals surface area contributed by atoms with Crippen molar-refractivity contribution < 1.29 is 9.90 Å². The highest BCUT2D eigenvalue weighted by Crippen LogP contribution is 2.13. The largest absolute Gasteiger partial charge is 0.396 e. The smallest absolute Gasteiger partial charge is 0.228 e. The predicted octanol–water partition coefficient (Wildman–Crippen LogP) is 2.45. The third kappa shape index (κ3) is 7.43. The fourth-order valence-electron chi connectivity index (χ4n) is 2.20. The summed E-state index contributed by atoms with van der Waals surface area (Å²) < 4.78 is 0. The summed E-state index contributed by atoms with van der Waals surface area (Å²) in [6.45, 7) is 3.69. The van der Waals surface area contributed by atoms with E-state index < -0.39 is 0 Å². The maximum Gasteiger partial charge on any atom is 0.228 e. The van der Waals surface area contributed by atoms with E-state index in [1.165, 1.54) is 30.6 Å². The molecule has 1 aromatic heterocycles. The van der Waals surface area contributed by atoms with Crippen LogP contribution in [0.25, 0.3) is 0 Å². The van der Waals surface area contributed by atoms with Crippen LogP contribution in [0.4, 0.5) is 5.13 Å². The van der Waals surface area contributed by atoms with Crippen LogP contribution in [-0.4, -0.2) is 40.6 Å². The summed E-state index contributed by atoms with van der Waals surface area (Å²) in [5.41, 5.74) is 6.33. The lowest BCUT2D eigenvalue weighted by atomic mass is 10.1. The quantitative estimate of drug-likeness (QED) is 0.615. The zero-order chi connectivity index (χ0) is 15.5. The zero-order valence-electron chi connectivity index (χ0n) is 12.9. The lowest BCUT2D eigenvalue weighted by Crippen LogP contribution is -2.34. The molecule has 0 atom stereocenters. The molecule has 120 valence electrons. The summed E-state index contributed by atoms with van der Waals surface area (Å²) >= 11 is 1.36. The Balaban J connectivity index is 2.41. The van der Waals surface area contributed by atoms with Crippen molar-refractivity contribution in [3.05, 3.63) is 11.1 Å². The fraction of sp³-hybridized carbons (Fsp3) is 0.733. The summed E-state index contributed by atoms with van der Waals surface area (Å²) in [4.78, 5) is 18.3. The molecule has 0 bridgehead atoms. The number of carbonyl (C=O) groups excluding carboxylic acids is 1. The molecule has 0 aromatic carbocycles. The average Bonchev–Trinajstić information content (AvgIpc) is 2.87. The van der Waals surface area contributed by atoms with Crippen LogP contribution in [0.1, 0.15) is 51.1 Å². The van der Waals surface area contributed by atoms with Gasteiger partial charge in [-0.3, -0.25) is 4.79 Å². The standard InChI is InChI=1S/C15H27N3O2S/c1-2-3-4-5-6-8-18(9-7-10-19)14(20)11-13-12-21-15(16)17-13/h12,19H,2-11H2,1H3,(H2,16,17). The minimum atomic E-state index is 0.0734. The number of carbonyl (C=O) groups is 1. The van der Waals surface area contributed by atoms with Gasteiger partial charge < -0.3 is 15.7 Å². The molecule has 0 unspecified atom stereocenters. The number of hydrogen-bond donors (Lipinski definition) is 2. The number of amides is 1. The van der Waals surface area contributed by atoms with Crippen LogP contribution < -0.4 is 5.73 Å². The molecule has 0 radical (unpaired) electrons. The number of thiazole rings is 1. The summed E-state index contributed by atoms with van der Waals surface area (Å²) in [5.74, 6) is 0.0734. The van der Waals surface area contributed by atoms with Gasteiger partial charge in [-0.25, -0.2) is 4.98 Å². The lowest BCUT2D eigenvalue weighted by Gasteiger charge is -2.22. The molecule has 0 saturated carbocycles. The third-order valence-corrected chi connectivity index (χ3v) is 4.09. The molecule has 1 heterocycles. The SMILES string of the molecule is CCCCCCCN(CCCO)C(=O)Cc1csc(N)n1. The molecule has 21 heavy (non-hydrogen) atoms. The van der Waals surface area contributed by atoms with Crippen molar-refractivity contribution in [2.45, 2.75) is 51.9 Å². The van der Waals surface area contributed by atoms with Gasteiger partial charge in [-0.2, -0.15) is 0 Å². The normalized spacial score (nSPS) is 10.8. The molecule has 1 aromatic rings. The first kappa shape index (κ1) is 17.9. The van der Waals surface area contributed by atoms with Crippen LogP contribution in [0.15, 0.2) is 5.38 Å². The Hall–Kier alpha value is -1.14. The van der Waals surface area contributed by atoms with Crippen LogP contribution >= 0.6 is 11.3 Å². The van der Waals surface area contributed by atoms with Gasteiger partial charge in [0, 0.05) is 25.1 Å². The number of aliphatic hydroxyl groups is 1. The Morgan fingerprint density at radius 3 is 2.62 bits per heavy atom. The van der Waals surface area contributed by atoms with Crippen molar-refractivity contribution in [2.75, 3.05) is 25.4 Å². The maximum absolute atomic E-state index is 12.3. The molecule has 0 spiro atoms. The summed E-state index contributed by atoms with van der Waals surface area (Å²) in [6, 6.07) is 0. The van der Waals surface area contributed by atoms with Crippen molar-refractivity contribution in [3.8, 4) is 0 Å². The Morgan fingerprint density at radius 2 is 2.00 bits per heavy atom. The first-order valence-corrected chi connectivity index (χ1v) is 8.63. The van der Waals surface area contributed by atoms with Crippen molar-refractivity contribution in [2.24, 2.45) is 0 Å². The number of aromatic nitrogens is 1. The van der Waals surface area contributed by atoms with Gasteiger partial charge in [0.2, 0.25) is 5.91 Å². The van der Waals surface area contributed by atoms with E-state index >= 15 is 0 Å². The topological polar surface area (TPSA) is 79.5 Å². The molecule has 1 rings (SSSR count). The Kier molecular flexibility index (Phi) is 9.01. The molecule has 6 heteroatoms. The molecule has 0 saturated heterocycles. The van der Waals surface area contributed by atoms with Gasteiger partial charge >= 0.3 is 0 Å². The molecular formula is C15H27N3O2S. The van der Waals surface area contributed by atoms with Crippen molar-refractivity contribution >= 4 is 22.4 Å². The molecule has 5 nitrogen and oxygen atoms in total. The number of nitrogens with zero attached hydrogens (tertiary/aromatic N) is 2. The van der Waals surface area contributed by atoms with Gasteiger partial charge in [-0.05, 0) is 12.8 Å². The van der Waals surface area contributed by atoms with Gasteiger partial charge in [0.05, 0.1) is 12.1 Å². The second-order valence-corrected chi connectivity index (χ2v) is 6.12. The minimum Gasteiger partial charge on any atom is -0.396 e. The number of hydrogen-bond acceptors (Lipinski definition) is 5. The van der Waals surface area contributed by atoms with Crippen molar-refractivity contribution in [3.63, 3.8) is 0 Å². The number of nitrogen functional groups attached to an aromatic ring is 1. The van der Waals surface area contributed by atoms with E-state index in [2.05, 4.69) is 11.9 Å². The van der Waals surface area contributed by atoms with Crippen LogP contribution in [0.2, 0.25) is 0 Å². The van der Waals surface area contributed by atoms with E-state index in [0.29, 0.717) is 24.5 Å². The first-order chi connectivity index (χ1) is 10.2. The van der Waals surface area contributed by atoms with Gasteiger partial charge in [-0.15, -0.1) is 11.3 Å². The predicted molar refractivity (Wildman–Crippen MR) is 87.3 cm³/mol. The van der Waals surface area contributed by atoms with E-state index in [1.807, 2.05) is 10.3 Å². The van der Waals surface area contributed by atoms with Crippen LogP contribution in [0.3, 0.4) is 0 Å². The third-order valence-electron chi connectivity index (χ3n) is 3.37. The highest BCUT2D eigenvalue weighted by Gasteiger charge is 2.14.